The summed E-state index contributed by atoms with van der Waals surface area (Å²) < 4.78 is 2.35. The summed E-state index contributed by atoms with van der Waals surface area (Å²) in [5.41, 5.74) is 7.41. The van der Waals surface area contributed by atoms with Crippen molar-refractivity contribution in [1.82, 2.24) is 4.57 Å². The molecule has 0 radical (unpaired) electrons. The van der Waals surface area contributed by atoms with Gasteiger partial charge in [-0.3, -0.25) is 10.1 Å². The summed E-state index contributed by atoms with van der Waals surface area (Å²) >= 11 is 0. The fourth-order valence-electron chi connectivity index (χ4n) is 5.19. The minimum atomic E-state index is -0.307. The van der Waals surface area contributed by atoms with Crippen molar-refractivity contribution in [2.75, 3.05) is 0 Å². The Morgan fingerprint density at radius 3 is 2.39 bits per heavy atom. The van der Waals surface area contributed by atoms with E-state index in [1.807, 2.05) is 18.2 Å². The first-order chi connectivity index (χ1) is 15.0. The summed E-state index contributed by atoms with van der Waals surface area (Å²) in [4.78, 5) is 11.3. The zero-order chi connectivity index (χ0) is 21.3. The van der Waals surface area contributed by atoms with Crippen LogP contribution in [-0.2, 0) is 5.41 Å². The van der Waals surface area contributed by atoms with Crippen molar-refractivity contribution < 1.29 is 4.92 Å². The van der Waals surface area contributed by atoms with Gasteiger partial charge in [0.2, 0.25) is 0 Å². The van der Waals surface area contributed by atoms with Crippen LogP contribution in [0.3, 0.4) is 0 Å². The molecule has 0 fully saturated rings. The van der Waals surface area contributed by atoms with Crippen LogP contribution in [0.15, 0.2) is 84.9 Å². The van der Waals surface area contributed by atoms with Crippen molar-refractivity contribution in [3.8, 4) is 16.8 Å². The van der Waals surface area contributed by atoms with Crippen LogP contribution in [0.25, 0.3) is 38.6 Å². The van der Waals surface area contributed by atoms with Crippen molar-refractivity contribution in [2.45, 2.75) is 19.3 Å². The molecule has 0 N–H and O–H groups in total. The molecule has 1 aliphatic heterocycles. The van der Waals surface area contributed by atoms with Crippen LogP contribution >= 0.6 is 0 Å². The Bertz CT molecular complexity index is 1540. The van der Waals surface area contributed by atoms with Gasteiger partial charge < -0.3 is 4.57 Å². The fourth-order valence-corrected chi connectivity index (χ4v) is 5.19. The van der Waals surface area contributed by atoms with Gasteiger partial charge in [-0.15, -0.1) is 0 Å². The average Bonchev–Trinajstić information content (AvgIpc) is 3.12. The van der Waals surface area contributed by atoms with Gasteiger partial charge in [0.15, 0.2) is 0 Å². The maximum absolute atomic E-state index is 11.6. The Morgan fingerprint density at radius 1 is 0.806 bits per heavy atom. The maximum Gasteiger partial charge on any atom is 0.277 e. The first-order valence-electron chi connectivity index (χ1n) is 10.4. The number of nitrogens with zero attached hydrogens (tertiary/aromatic N) is 2. The largest absolute Gasteiger partial charge is 0.309 e. The van der Waals surface area contributed by atoms with Gasteiger partial charge in [0.05, 0.1) is 27.2 Å². The van der Waals surface area contributed by atoms with Crippen LogP contribution in [0, 0.1) is 10.1 Å². The van der Waals surface area contributed by atoms with Crippen LogP contribution in [-0.4, -0.2) is 9.49 Å². The molecule has 4 nitrogen and oxygen atoms in total. The molecular formula is C27H20N2O2. The number of nitro groups is 1. The molecule has 2 heterocycles. The quantitative estimate of drug-likeness (QED) is 0.235. The molecule has 0 saturated carbocycles. The number of para-hydroxylation sites is 3. The van der Waals surface area contributed by atoms with E-state index in [9.17, 15) is 10.1 Å². The second-order valence-corrected chi connectivity index (χ2v) is 8.69. The molecule has 0 saturated heterocycles. The summed E-state index contributed by atoms with van der Waals surface area (Å²) in [5.74, 6) is 0. The van der Waals surface area contributed by atoms with Crippen LogP contribution in [0.5, 0.6) is 0 Å². The van der Waals surface area contributed by atoms with Gasteiger partial charge in [0.1, 0.15) is 0 Å². The minimum Gasteiger partial charge on any atom is -0.309 e. The highest BCUT2D eigenvalue weighted by molar-refractivity contribution is 6.11. The summed E-state index contributed by atoms with van der Waals surface area (Å²) in [7, 11) is 0. The highest BCUT2D eigenvalue weighted by Crippen LogP contribution is 2.48. The third-order valence-corrected chi connectivity index (χ3v) is 6.69. The van der Waals surface area contributed by atoms with Crippen molar-refractivity contribution in [1.29, 1.82) is 0 Å². The standard InChI is InChI=1S/C27H20N2O2/c1-27(2)21-11-7-10-20-19-9-4-5-12-23(19)28(26(20)21)25-15-14-17(16-22(25)27)18-8-3-6-13-24(18)29(30)31/h3-16H,1-2H3. The third-order valence-electron chi connectivity index (χ3n) is 6.69. The van der Waals surface area contributed by atoms with Crippen molar-refractivity contribution in [3.05, 3.63) is 106 Å². The van der Waals surface area contributed by atoms with E-state index in [4.69, 9.17) is 0 Å². The van der Waals surface area contributed by atoms with E-state index in [0.29, 0.717) is 5.56 Å². The lowest BCUT2D eigenvalue weighted by Gasteiger charge is -2.35. The minimum absolute atomic E-state index is 0.130. The SMILES string of the molecule is CC1(C)c2cc(-c3ccccc3[N+](=O)[O-])ccc2-n2c3ccccc3c3cccc1c32. The first kappa shape index (κ1) is 17.9. The number of nitro benzene ring substituents is 1. The van der Waals surface area contributed by atoms with Gasteiger partial charge in [0.25, 0.3) is 5.69 Å². The Balaban J connectivity index is 1.72. The predicted molar refractivity (Wildman–Crippen MR) is 125 cm³/mol. The number of hydrogen-bond donors (Lipinski definition) is 0. The smallest absolute Gasteiger partial charge is 0.277 e. The van der Waals surface area contributed by atoms with E-state index in [1.54, 1.807) is 12.1 Å². The lowest BCUT2D eigenvalue weighted by Crippen LogP contribution is -2.26. The monoisotopic (exact) mass is 404 g/mol. The molecule has 5 aromatic rings. The van der Waals surface area contributed by atoms with Crippen LogP contribution in [0.1, 0.15) is 25.0 Å². The van der Waals surface area contributed by atoms with Crippen molar-refractivity contribution in [3.63, 3.8) is 0 Å². The van der Waals surface area contributed by atoms with Crippen molar-refractivity contribution >= 4 is 27.5 Å². The van der Waals surface area contributed by atoms with E-state index in [2.05, 4.69) is 73.0 Å². The summed E-state index contributed by atoms with van der Waals surface area (Å²) in [6, 6.07) is 28.2. The Morgan fingerprint density at radius 2 is 1.55 bits per heavy atom. The highest BCUT2D eigenvalue weighted by Gasteiger charge is 2.35. The Labute approximate surface area is 179 Å². The number of rotatable bonds is 2. The second-order valence-electron chi connectivity index (χ2n) is 8.69. The highest BCUT2D eigenvalue weighted by atomic mass is 16.6. The van der Waals surface area contributed by atoms with Crippen LogP contribution in [0.2, 0.25) is 0 Å². The number of benzene rings is 4. The van der Waals surface area contributed by atoms with E-state index >= 15 is 0 Å². The number of aromatic nitrogens is 1. The molecule has 4 aromatic carbocycles. The van der Waals surface area contributed by atoms with Crippen LogP contribution in [0.4, 0.5) is 5.69 Å². The molecule has 0 spiro atoms. The topological polar surface area (TPSA) is 48.1 Å². The zero-order valence-corrected chi connectivity index (χ0v) is 17.3. The van der Waals surface area contributed by atoms with Gasteiger partial charge in [-0.25, -0.2) is 0 Å². The number of hydrogen-bond acceptors (Lipinski definition) is 2. The molecule has 1 aliphatic rings. The first-order valence-corrected chi connectivity index (χ1v) is 10.4. The second kappa shape index (κ2) is 6.05. The molecule has 0 atom stereocenters. The molecular weight excluding hydrogens is 384 g/mol. The van der Waals surface area contributed by atoms with E-state index in [1.165, 1.54) is 32.9 Å². The predicted octanol–water partition coefficient (Wildman–Crippen LogP) is 7.00. The van der Waals surface area contributed by atoms with Gasteiger partial charge in [-0.2, -0.15) is 0 Å². The fraction of sp³-hybridized carbons (Fsp3) is 0.111. The summed E-state index contributed by atoms with van der Waals surface area (Å²) in [6.07, 6.45) is 0. The molecule has 0 aliphatic carbocycles. The van der Waals surface area contributed by atoms with Gasteiger partial charge in [-0.05, 0) is 41.0 Å². The average molecular weight is 404 g/mol. The van der Waals surface area contributed by atoms with Crippen molar-refractivity contribution in [2.24, 2.45) is 0 Å². The molecule has 6 rings (SSSR count). The molecule has 0 unspecified atom stereocenters. The summed E-state index contributed by atoms with van der Waals surface area (Å²) in [5, 5.41) is 14.1. The third kappa shape index (κ3) is 2.30. The molecule has 0 amide bonds. The maximum atomic E-state index is 11.6. The normalized spacial score (nSPS) is 14.0. The molecule has 31 heavy (non-hydrogen) atoms. The van der Waals surface area contributed by atoms with Gasteiger partial charge in [0, 0.05) is 22.3 Å². The number of fused-ring (bicyclic) bond motifs is 5. The molecule has 4 heteroatoms. The Hall–Kier alpha value is -3.92. The lowest BCUT2D eigenvalue weighted by molar-refractivity contribution is -0.384. The summed E-state index contributed by atoms with van der Waals surface area (Å²) in [6.45, 7) is 4.48. The molecule has 0 bridgehead atoms. The van der Waals surface area contributed by atoms with E-state index in [0.717, 1.165) is 11.3 Å². The van der Waals surface area contributed by atoms with Gasteiger partial charge in [-0.1, -0.05) is 68.4 Å². The Kier molecular flexibility index (Phi) is 3.49. The lowest BCUT2D eigenvalue weighted by atomic mass is 9.74. The van der Waals surface area contributed by atoms with Gasteiger partial charge >= 0.3 is 0 Å². The van der Waals surface area contributed by atoms with Crippen LogP contribution < -0.4 is 0 Å². The molecule has 1 aromatic heterocycles. The zero-order valence-electron chi connectivity index (χ0n) is 17.3. The van der Waals surface area contributed by atoms with E-state index in [-0.39, 0.29) is 16.0 Å². The molecule has 150 valence electrons. The van der Waals surface area contributed by atoms with E-state index < -0.39 is 0 Å².